The highest BCUT2D eigenvalue weighted by Crippen LogP contribution is 2.45. The van der Waals surface area contributed by atoms with E-state index in [2.05, 4.69) is 25.8 Å². The summed E-state index contributed by atoms with van der Waals surface area (Å²) in [4.78, 5) is 14.4. The van der Waals surface area contributed by atoms with Crippen molar-refractivity contribution in [1.82, 2.24) is 4.98 Å². The molecule has 0 unspecified atom stereocenters. The first-order chi connectivity index (χ1) is 16.0. The zero-order valence-corrected chi connectivity index (χ0v) is 21.1. The van der Waals surface area contributed by atoms with E-state index in [0.717, 1.165) is 22.5 Å². The van der Waals surface area contributed by atoms with Crippen LogP contribution < -0.4 is 4.74 Å². The summed E-state index contributed by atoms with van der Waals surface area (Å²) in [7, 11) is 0. The van der Waals surface area contributed by atoms with E-state index >= 15 is 0 Å². The number of carboxylic acids is 1. The van der Waals surface area contributed by atoms with Crippen molar-refractivity contribution in [3.63, 3.8) is 0 Å². The van der Waals surface area contributed by atoms with Crippen LogP contribution in [0.15, 0.2) is 42.6 Å². The number of hydrogen-bond acceptors (Lipinski definition) is 2. The maximum Gasteiger partial charge on any atom is 0.422 e. The molecule has 0 aliphatic rings. The number of ether oxygens (including phenoxy) is 1. The second-order valence-corrected chi connectivity index (χ2v) is 10.9. The van der Waals surface area contributed by atoms with E-state index in [9.17, 15) is 18.0 Å². The van der Waals surface area contributed by atoms with Crippen LogP contribution in [-0.2, 0) is 15.6 Å². The normalized spacial score (nSPS) is 13.4. The number of hydrogen-bond donors (Lipinski definition) is 2. The molecule has 35 heavy (non-hydrogen) atoms. The molecule has 2 N–H and O–H groups in total. The van der Waals surface area contributed by atoms with Crippen LogP contribution in [0.1, 0.15) is 65.2 Å². The van der Waals surface area contributed by atoms with Crippen molar-refractivity contribution in [3.05, 3.63) is 59.3 Å². The number of benzene rings is 2. The molecule has 4 nitrogen and oxygen atoms in total. The van der Waals surface area contributed by atoms with Gasteiger partial charge in [-0.15, -0.1) is 0 Å². The molecule has 0 saturated heterocycles. The Morgan fingerprint density at radius 1 is 1.00 bits per heavy atom. The number of rotatable bonds is 5. The molecule has 0 bridgehead atoms. The van der Waals surface area contributed by atoms with Crippen molar-refractivity contribution >= 4 is 22.4 Å². The summed E-state index contributed by atoms with van der Waals surface area (Å²) in [5.74, 6) is -0.848. The lowest BCUT2D eigenvalue weighted by Gasteiger charge is -2.29. The quantitative estimate of drug-likeness (QED) is 0.360. The lowest BCUT2D eigenvalue weighted by molar-refractivity contribution is -0.153. The molecule has 0 aliphatic heterocycles. The highest BCUT2D eigenvalue weighted by atomic mass is 19.4. The van der Waals surface area contributed by atoms with Gasteiger partial charge >= 0.3 is 12.1 Å². The lowest BCUT2D eigenvalue weighted by atomic mass is 9.78. The summed E-state index contributed by atoms with van der Waals surface area (Å²) in [5, 5.41) is 9.90. The standard InChI is InChI=1S/C28H32F3NO3/c1-16(10-24(33)34)17-8-9-23-19(11-17)21(14-32-23)20-12-18(26(2,3)4)13-22(27(5,6)7)25(20)35-15-28(29,30)31/h8-14,32H,15H2,1-7H3,(H,33,34)/b16-10+. The average molecular weight is 488 g/mol. The molecular weight excluding hydrogens is 455 g/mol. The van der Waals surface area contributed by atoms with Crippen LogP contribution >= 0.6 is 0 Å². The van der Waals surface area contributed by atoms with Gasteiger partial charge in [-0.25, -0.2) is 4.79 Å². The molecule has 3 rings (SSSR count). The smallest absolute Gasteiger partial charge is 0.422 e. The molecular formula is C28H32F3NO3. The summed E-state index contributed by atoms with van der Waals surface area (Å²) in [6.45, 7) is 12.3. The summed E-state index contributed by atoms with van der Waals surface area (Å²) in [6, 6.07) is 9.34. The predicted octanol–water partition coefficient (Wildman–Crippen LogP) is 7.86. The number of aromatic nitrogens is 1. The molecule has 1 aromatic heterocycles. The molecule has 0 radical (unpaired) electrons. The van der Waals surface area contributed by atoms with Gasteiger partial charge in [0.25, 0.3) is 0 Å². The minimum absolute atomic E-state index is 0.201. The Balaban J connectivity index is 2.36. The van der Waals surface area contributed by atoms with Crippen molar-refractivity contribution in [2.45, 2.75) is 65.5 Å². The fraction of sp³-hybridized carbons (Fsp3) is 0.393. The van der Waals surface area contributed by atoms with Gasteiger partial charge in [0.15, 0.2) is 6.61 Å². The monoisotopic (exact) mass is 487 g/mol. The Bertz CT molecular complexity index is 1290. The van der Waals surface area contributed by atoms with Crippen molar-refractivity contribution < 1.29 is 27.8 Å². The number of nitrogens with one attached hydrogen (secondary N) is 1. The molecule has 0 spiro atoms. The molecule has 1 heterocycles. The number of aromatic amines is 1. The molecule has 0 aliphatic carbocycles. The van der Waals surface area contributed by atoms with E-state index in [1.807, 2.05) is 51.1 Å². The van der Waals surface area contributed by atoms with Gasteiger partial charge in [-0.3, -0.25) is 0 Å². The topological polar surface area (TPSA) is 62.3 Å². The molecule has 188 valence electrons. The summed E-state index contributed by atoms with van der Waals surface area (Å²) < 4.78 is 45.2. The first-order valence-electron chi connectivity index (χ1n) is 11.4. The highest BCUT2D eigenvalue weighted by Gasteiger charge is 2.32. The van der Waals surface area contributed by atoms with Crippen LogP contribution in [0.25, 0.3) is 27.6 Å². The van der Waals surface area contributed by atoms with E-state index in [4.69, 9.17) is 9.84 Å². The van der Waals surface area contributed by atoms with Crippen LogP contribution in [0.4, 0.5) is 13.2 Å². The van der Waals surface area contributed by atoms with E-state index in [1.165, 1.54) is 0 Å². The Hall–Kier alpha value is -3.22. The van der Waals surface area contributed by atoms with Crippen molar-refractivity contribution in [2.75, 3.05) is 6.61 Å². The molecule has 0 saturated carbocycles. The van der Waals surface area contributed by atoms with E-state index in [0.29, 0.717) is 27.8 Å². The van der Waals surface area contributed by atoms with Gasteiger partial charge in [-0.05, 0) is 52.7 Å². The second kappa shape index (κ2) is 9.10. The number of alkyl halides is 3. The van der Waals surface area contributed by atoms with Crippen LogP contribution in [0, 0.1) is 0 Å². The summed E-state index contributed by atoms with van der Waals surface area (Å²) in [5.41, 5.74) is 4.26. The number of carbonyl (C=O) groups is 1. The third-order valence-electron chi connectivity index (χ3n) is 5.91. The minimum atomic E-state index is -4.48. The van der Waals surface area contributed by atoms with Gasteiger partial charge in [0.2, 0.25) is 0 Å². The largest absolute Gasteiger partial charge is 0.483 e. The van der Waals surface area contributed by atoms with Crippen molar-refractivity contribution in [2.24, 2.45) is 0 Å². The van der Waals surface area contributed by atoms with Gasteiger partial charge in [-0.2, -0.15) is 13.2 Å². The Labute approximate surface area is 203 Å². The molecule has 0 atom stereocenters. The maximum atomic E-state index is 13.2. The van der Waals surface area contributed by atoms with Crippen LogP contribution in [0.3, 0.4) is 0 Å². The van der Waals surface area contributed by atoms with Gasteiger partial charge in [-0.1, -0.05) is 53.7 Å². The minimum Gasteiger partial charge on any atom is -0.483 e. The SMILES string of the molecule is C/C(=C\C(=O)O)c1ccc2[nH]cc(-c3cc(C(C)(C)C)cc(C(C)(C)C)c3OCC(F)(F)F)c2c1. The van der Waals surface area contributed by atoms with Crippen LogP contribution in [0.5, 0.6) is 5.75 Å². The molecule has 3 aromatic rings. The van der Waals surface area contributed by atoms with Gasteiger partial charge in [0.05, 0.1) is 0 Å². The van der Waals surface area contributed by atoms with Crippen LogP contribution in [-0.4, -0.2) is 28.8 Å². The van der Waals surface area contributed by atoms with Gasteiger partial charge in [0.1, 0.15) is 5.75 Å². The Morgan fingerprint density at radius 2 is 1.66 bits per heavy atom. The van der Waals surface area contributed by atoms with E-state index in [1.54, 1.807) is 13.1 Å². The second-order valence-electron chi connectivity index (χ2n) is 10.9. The van der Waals surface area contributed by atoms with Gasteiger partial charge in [0, 0.05) is 39.9 Å². The maximum absolute atomic E-state index is 13.2. The number of fused-ring (bicyclic) bond motifs is 1. The highest BCUT2D eigenvalue weighted by molar-refractivity contribution is 6.00. The third-order valence-corrected chi connectivity index (χ3v) is 5.91. The average Bonchev–Trinajstić information content (AvgIpc) is 3.12. The summed E-state index contributed by atoms with van der Waals surface area (Å²) >= 11 is 0. The zero-order valence-electron chi connectivity index (χ0n) is 21.1. The first-order valence-corrected chi connectivity index (χ1v) is 11.4. The molecule has 7 heteroatoms. The first kappa shape index (κ1) is 26.4. The number of allylic oxidation sites excluding steroid dienone is 1. The fourth-order valence-electron chi connectivity index (χ4n) is 3.99. The fourth-order valence-corrected chi connectivity index (χ4v) is 3.99. The number of carboxylic acid groups (broad SMARTS) is 1. The van der Waals surface area contributed by atoms with Crippen molar-refractivity contribution in [3.8, 4) is 16.9 Å². The number of halogens is 3. The molecule has 0 fully saturated rings. The van der Waals surface area contributed by atoms with E-state index in [-0.39, 0.29) is 11.2 Å². The van der Waals surface area contributed by atoms with E-state index < -0.39 is 24.2 Å². The summed E-state index contributed by atoms with van der Waals surface area (Å²) in [6.07, 6.45) is -1.59. The Kier molecular flexibility index (Phi) is 6.86. The zero-order chi connectivity index (χ0) is 26.3. The molecule has 2 aromatic carbocycles. The number of aliphatic carboxylic acids is 1. The Morgan fingerprint density at radius 3 is 2.20 bits per heavy atom. The third kappa shape index (κ3) is 6.08. The lowest BCUT2D eigenvalue weighted by Crippen LogP contribution is -2.23. The predicted molar refractivity (Wildman–Crippen MR) is 134 cm³/mol. The van der Waals surface area contributed by atoms with Crippen LogP contribution in [0.2, 0.25) is 0 Å². The van der Waals surface area contributed by atoms with Crippen molar-refractivity contribution in [1.29, 1.82) is 0 Å². The molecule has 0 amide bonds. The van der Waals surface area contributed by atoms with Gasteiger partial charge < -0.3 is 14.8 Å². The number of H-pyrrole nitrogens is 1.